The van der Waals surface area contributed by atoms with Gasteiger partial charge in [-0.3, -0.25) is 9.48 Å². The second kappa shape index (κ2) is 6.79. The van der Waals surface area contributed by atoms with Gasteiger partial charge < -0.3 is 10.2 Å². The van der Waals surface area contributed by atoms with E-state index in [1.54, 1.807) is 6.20 Å². The smallest absolute Gasteiger partial charge is 0.250 e. The summed E-state index contributed by atoms with van der Waals surface area (Å²) in [5.74, 6) is 1.02. The van der Waals surface area contributed by atoms with Gasteiger partial charge in [-0.05, 0) is 50.8 Å². The first-order chi connectivity index (χ1) is 9.72. The minimum Gasteiger partial charge on any atom is -0.341 e. The number of nitrogens with one attached hydrogen (secondary N) is 1. The van der Waals surface area contributed by atoms with E-state index in [2.05, 4.69) is 22.2 Å². The summed E-state index contributed by atoms with van der Waals surface area (Å²) in [7, 11) is 0. The maximum Gasteiger partial charge on any atom is 0.250 e. The molecule has 0 atom stereocenters. The van der Waals surface area contributed by atoms with Crippen LogP contribution in [-0.4, -0.2) is 46.8 Å². The van der Waals surface area contributed by atoms with Crippen LogP contribution in [0.5, 0.6) is 0 Å². The molecule has 2 aliphatic heterocycles. The van der Waals surface area contributed by atoms with Crippen molar-refractivity contribution >= 4 is 18.3 Å². The van der Waals surface area contributed by atoms with Crippen molar-refractivity contribution in [2.75, 3.05) is 26.2 Å². The van der Waals surface area contributed by atoms with E-state index in [0.29, 0.717) is 0 Å². The van der Waals surface area contributed by atoms with Gasteiger partial charge >= 0.3 is 0 Å². The van der Waals surface area contributed by atoms with Crippen molar-refractivity contribution in [1.29, 1.82) is 0 Å². The number of carbonyl (C=O) groups is 1. The van der Waals surface area contributed by atoms with Gasteiger partial charge in [0.15, 0.2) is 0 Å². The molecule has 2 fully saturated rings. The third-order valence-electron chi connectivity index (χ3n) is 4.84. The molecular formula is C15H25ClN4O. The lowest BCUT2D eigenvalue weighted by atomic mass is 9.85. The van der Waals surface area contributed by atoms with Crippen LogP contribution in [-0.2, 0) is 10.3 Å². The van der Waals surface area contributed by atoms with Crippen LogP contribution in [0.15, 0.2) is 18.5 Å². The number of carbonyl (C=O) groups excluding carboxylic acids is 1. The summed E-state index contributed by atoms with van der Waals surface area (Å²) >= 11 is 0. The Labute approximate surface area is 132 Å². The molecule has 1 aromatic heterocycles. The predicted octanol–water partition coefficient (Wildman–Crippen LogP) is 1.64. The average Bonchev–Trinajstić information content (AvgIpc) is 3.03. The first-order valence-electron chi connectivity index (χ1n) is 7.72. The Balaban J connectivity index is 0.00000161. The molecule has 0 aliphatic carbocycles. The van der Waals surface area contributed by atoms with E-state index in [0.717, 1.165) is 57.8 Å². The molecule has 0 aromatic carbocycles. The molecule has 6 heteroatoms. The summed E-state index contributed by atoms with van der Waals surface area (Å²) in [4.78, 5) is 15.2. The number of hydrogen-bond acceptors (Lipinski definition) is 3. The van der Waals surface area contributed by atoms with E-state index in [1.165, 1.54) is 0 Å². The zero-order chi connectivity index (χ0) is 14.0. The number of aromatic nitrogens is 2. The molecule has 5 nitrogen and oxygen atoms in total. The first kappa shape index (κ1) is 16.3. The minimum atomic E-state index is -0.463. The summed E-state index contributed by atoms with van der Waals surface area (Å²) in [6, 6.07) is 1.91. The molecule has 2 saturated heterocycles. The number of rotatable bonds is 2. The third-order valence-corrected chi connectivity index (χ3v) is 4.84. The van der Waals surface area contributed by atoms with Crippen LogP contribution in [0, 0.1) is 5.92 Å². The molecule has 0 unspecified atom stereocenters. The Morgan fingerprint density at radius 3 is 2.52 bits per heavy atom. The van der Waals surface area contributed by atoms with E-state index >= 15 is 0 Å². The maximum absolute atomic E-state index is 13.1. The topological polar surface area (TPSA) is 50.2 Å². The second-order valence-electron chi connectivity index (χ2n) is 6.21. The standard InChI is InChI=1S/C15H24N4O.ClH/c1-13-3-11-18(12-4-13)14(20)15(5-8-16-9-6-15)19-10-2-7-17-19;/h2,7,10,13,16H,3-6,8-9,11-12H2,1H3;1H. The Morgan fingerprint density at radius 1 is 1.29 bits per heavy atom. The summed E-state index contributed by atoms with van der Waals surface area (Å²) in [6.07, 6.45) is 7.63. The Hall–Kier alpha value is -1.07. The molecule has 0 saturated carbocycles. The quantitative estimate of drug-likeness (QED) is 0.903. The van der Waals surface area contributed by atoms with Crippen molar-refractivity contribution in [1.82, 2.24) is 20.0 Å². The molecule has 1 amide bonds. The number of halogens is 1. The summed E-state index contributed by atoms with van der Waals surface area (Å²) in [5, 5.41) is 7.74. The highest BCUT2D eigenvalue weighted by Gasteiger charge is 2.44. The lowest BCUT2D eigenvalue weighted by Crippen LogP contribution is -2.56. The van der Waals surface area contributed by atoms with Crippen LogP contribution in [0.4, 0.5) is 0 Å². The van der Waals surface area contributed by atoms with Gasteiger partial charge in [-0.15, -0.1) is 12.4 Å². The van der Waals surface area contributed by atoms with Gasteiger partial charge in [-0.1, -0.05) is 6.92 Å². The van der Waals surface area contributed by atoms with E-state index in [-0.39, 0.29) is 18.3 Å². The molecule has 1 N–H and O–H groups in total. The fourth-order valence-electron chi connectivity index (χ4n) is 3.41. The van der Waals surface area contributed by atoms with Gasteiger partial charge in [-0.2, -0.15) is 5.10 Å². The molecule has 0 bridgehead atoms. The third kappa shape index (κ3) is 3.09. The van der Waals surface area contributed by atoms with Crippen LogP contribution >= 0.6 is 12.4 Å². The normalized spacial score (nSPS) is 22.6. The highest BCUT2D eigenvalue weighted by molar-refractivity contribution is 5.85. The van der Waals surface area contributed by atoms with Crippen molar-refractivity contribution in [2.45, 2.75) is 38.1 Å². The van der Waals surface area contributed by atoms with Crippen molar-refractivity contribution in [3.63, 3.8) is 0 Å². The lowest BCUT2D eigenvalue weighted by Gasteiger charge is -2.42. The predicted molar refractivity (Wildman–Crippen MR) is 84.5 cm³/mol. The Morgan fingerprint density at radius 2 is 1.95 bits per heavy atom. The van der Waals surface area contributed by atoms with E-state index in [1.807, 2.05) is 16.9 Å². The van der Waals surface area contributed by atoms with Crippen LogP contribution in [0.1, 0.15) is 32.6 Å². The molecule has 21 heavy (non-hydrogen) atoms. The van der Waals surface area contributed by atoms with E-state index in [9.17, 15) is 4.79 Å². The van der Waals surface area contributed by atoms with E-state index in [4.69, 9.17) is 0 Å². The first-order valence-corrected chi connectivity index (χ1v) is 7.72. The molecule has 2 aliphatic rings. The van der Waals surface area contributed by atoms with Gasteiger partial charge in [0.2, 0.25) is 0 Å². The molecule has 118 valence electrons. The summed E-state index contributed by atoms with van der Waals surface area (Å²) < 4.78 is 1.90. The van der Waals surface area contributed by atoms with Crippen LogP contribution in [0.3, 0.4) is 0 Å². The molecule has 1 aromatic rings. The largest absolute Gasteiger partial charge is 0.341 e. The molecule has 0 spiro atoms. The number of hydrogen-bond donors (Lipinski definition) is 1. The number of amides is 1. The zero-order valence-electron chi connectivity index (χ0n) is 12.6. The fourth-order valence-corrected chi connectivity index (χ4v) is 3.41. The van der Waals surface area contributed by atoms with Crippen LogP contribution < -0.4 is 5.32 Å². The Bertz CT molecular complexity index is 448. The molecule has 3 heterocycles. The van der Waals surface area contributed by atoms with Crippen LogP contribution in [0.2, 0.25) is 0 Å². The summed E-state index contributed by atoms with van der Waals surface area (Å²) in [6.45, 7) is 5.84. The minimum absolute atomic E-state index is 0. The maximum atomic E-state index is 13.1. The van der Waals surface area contributed by atoms with Gasteiger partial charge in [0.25, 0.3) is 5.91 Å². The lowest BCUT2D eigenvalue weighted by molar-refractivity contribution is -0.144. The fraction of sp³-hybridized carbons (Fsp3) is 0.733. The van der Waals surface area contributed by atoms with Crippen LogP contribution in [0.25, 0.3) is 0 Å². The highest BCUT2D eigenvalue weighted by Crippen LogP contribution is 2.31. The van der Waals surface area contributed by atoms with E-state index < -0.39 is 5.54 Å². The number of likely N-dealkylation sites (tertiary alicyclic amines) is 1. The molecule has 0 radical (unpaired) electrons. The molecular weight excluding hydrogens is 288 g/mol. The Kier molecular flexibility index (Phi) is 5.27. The zero-order valence-corrected chi connectivity index (χ0v) is 13.4. The van der Waals surface area contributed by atoms with Gasteiger partial charge in [0.1, 0.15) is 5.54 Å². The van der Waals surface area contributed by atoms with Crippen molar-refractivity contribution in [3.05, 3.63) is 18.5 Å². The highest BCUT2D eigenvalue weighted by atomic mass is 35.5. The number of piperidine rings is 2. The van der Waals surface area contributed by atoms with Crippen molar-refractivity contribution in [2.24, 2.45) is 5.92 Å². The second-order valence-corrected chi connectivity index (χ2v) is 6.21. The SMILES string of the molecule is CC1CCN(C(=O)C2(n3cccn3)CCNCC2)CC1.Cl. The monoisotopic (exact) mass is 312 g/mol. The van der Waals surface area contributed by atoms with Crippen molar-refractivity contribution < 1.29 is 4.79 Å². The average molecular weight is 313 g/mol. The molecule has 3 rings (SSSR count). The number of nitrogens with zero attached hydrogens (tertiary/aromatic N) is 3. The van der Waals surface area contributed by atoms with Gasteiger partial charge in [0.05, 0.1) is 0 Å². The van der Waals surface area contributed by atoms with Gasteiger partial charge in [0, 0.05) is 25.5 Å². The van der Waals surface area contributed by atoms with Crippen molar-refractivity contribution in [3.8, 4) is 0 Å². The van der Waals surface area contributed by atoms with Gasteiger partial charge in [-0.25, -0.2) is 0 Å². The summed E-state index contributed by atoms with van der Waals surface area (Å²) in [5.41, 5.74) is -0.463.